The summed E-state index contributed by atoms with van der Waals surface area (Å²) >= 11 is 0. The summed E-state index contributed by atoms with van der Waals surface area (Å²) in [7, 11) is 1.72. The van der Waals surface area contributed by atoms with E-state index in [1.807, 2.05) is 6.92 Å². The zero-order chi connectivity index (χ0) is 14.7. The van der Waals surface area contributed by atoms with Crippen LogP contribution in [0, 0.1) is 17.5 Å². The van der Waals surface area contributed by atoms with Gasteiger partial charge in [0.05, 0.1) is 0 Å². The largest absolute Gasteiger partial charge is 0.454 e. The Kier molecular flexibility index (Phi) is 4.29. The lowest BCUT2D eigenvalue weighted by Crippen LogP contribution is -2.13. The lowest BCUT2D eigenvalue weighted by molar-refractivity contribution is 0.426. The van der Waals surface area contributed by atoms with Crippen molar-refractivity contribution in [3.63, 3.8) is 0 Å². The Bertz CT molecular complexity index is 616. The first kappa shape index (κ1) is 14.4. The molecule has 0 radical (unpaired) electrons. The van der Waals surface area contributed by atoms with Crippen molar-refractivity contribution in [1.29, 1.82) is 0 Å². The van der Waals surface area contributed by atoms with Crippen LogP contribution in [0.15, 0.2) is 36.4 Å². The third-order valence-corrected chi connectivity index (χ3v) is 2.99. The van der Waals surface area contributed by atoms with Gasteiger partial charge in [-0.25, -0.2) is 13.2 Å². The lowest BCUT2D eigenvalue weighted by Gasteiger charge is -2.16. The molecule has 0 saturated heterocycles. The molecule has 0 fully saturated rings. The second kappa shape index (κ2) is 5.96. The van der Waals surface area contributed by atoms with Crippen LogP contribution in [-0.2, 0) is 0 Å². The van der Waals surface area contributed by atoms with Crippen LogP contribution in [0.2, 0.25) is 0 Å². The lowest BCUT2D eigenvalue weighted by atomic mass is 10.1. The number of nitrogens with one attached hydrogen (secondary N) is 1. The van der Waals surface area contributed by atoms with E-state index in [1.165, 1.54) is 24.3 Å². The van der Waals surface area contributed by atoms with Crippen molar-refractivity contribution in [3.05, 3.63) is 59.4 Å². The zero-order valence-corrected chi connectivity index (χ0v) is 11.1. The van der Waals surface area contributed by atoms with Crippen LogP contribution >= 0.6 is 0 Å². The summed E-state index contributed by atoms with van der Waals surface area (Å²) in [6.07, 6.45) is 0. The summed E-state index contributed by atoms with van der Waals surface area (Å²) in [4.78, 5) is 0. The molecular formula is C15H14F3NO. The van der Waals surface area contributed by atoms with Gasteiger partial charge in [-0.05, 0) is 44.3 Å². The third-order valence-electron chi connectivity index (χ3n) is 2.99. The topological polar surface area (TPSA) is 21.3 Å². The van der Waals surface area contributed by atoms with Gasteiger partial charge in [0.1, 0.15) is 17.4 Å². The maximum absolute atomic E-state index is 13.6. The Morgan fingerprint density at radius 3 is 2.15 bits per heavy atom. The van der Waals surface area contributed by atoms with E-state index >= 15 is 0 Å². The van der Waals surface area contributed by atoms with E-state index in [0.29, 0.717) is 11.3 Å². The summed E-state index contributed by atoms with van der Waals surface area (Å²) in [5.41, 5.74) is 0.552. The first-order valence-corrected chi connectivity index (χ1v) is 6.11. The van der Waals surface area contributed by atoms with Crippen LogP contribution in [0.25, 0.3) is 0 Å². The molecule has 2 aromatic rings. The maximum atomic E-state index is 13.6. The molecule has 1 atom stereocenters. The Hall–Kier alpha value is -2.01. The Balaban J connectivity index is 2.37. The Labute approximate surface area is 115 Å². The molecule has 0 aliphatic rings. The molecule has 0 aliphatic carbocycles. The smallest absolute Gasteiger partial charge is 0.168 e. The van der Waals surface area contributed by atoms with Gasteiger partial charge < -0.3 is 10.1 Å². The van der Waals surface area contributed by atoms with Crippen LogP contribution in [0.3, 0.4) is 0 Å². The predicted molar refractivity (Wildman–Crippen MR) is 70.3 cm³/mol. The van der Waals surface area contributed by atoms with E-state index in [0.717, 1.165) is 12.1 Å². The number of ether oxygens (including phenoxy) is 1. The average Bonchev–Trinajstić information content (AvgIpc) is 2.42. The van der Waals surface area contributed by atoms with Crippen molar-refractivity contribution in [2.45, 2.75) is 13.0 Å². The molecule has 0 aromatic heterocycles. The predicted octanol–water partition coefficient (Wildman–Crippen LogP) is 4.18. The van der Waals surface area contributed by atoms with Gasteiger partial charge in [-0.1, -0.05) is 0 Å². The van der Waals surface area contributed by atoms with E-state index in [2.05, 4.69) is 5.32 Å². The molecule has 20 heavy (non-hydrogen) atoms. The first-order chi connectivity index (χ1) is 9.51. The molecule has 5 heteroatoms. The fourth-order valence-corrected chi connectivity index (χ4v) is 1.78. The molecule has 0 spiro atoms. The normalized spacial score (nSPS) is 12.2. The van der Waals surface area contributed by atoms with Crippen molar-refractivity contribution in [1.82, 2.24) is 5.32 Å². The number of hydrogen-bond donors (Lipinski definition) is 1. The minimum absolute atomic E-state index is 0.109. The van der Waals surface area contributed by atoms with Crippen LogP contribution in [0.1, 0.15) is 18.5 Å². The van der Waals surface area contributed by atoms with Crippen LogP contribution in [0.5, 0.6) is 11.5 Å². The molecule has 0 heterocycles. The highest BCUT2D eigenvalue weighted by Gasteiger charge is 2.14. The monoisotopic (exact) mass is 281 g/mol. The van der Waals surface area contributed by atoms with Gasteiger partial charge in [0, 0.05) is 17.7 Å². The molecule has 1 unspecified atom stereocenters. The summed E-state index contributed by atoms with van der Waals surface area (Å²) in [5, 5.41) is 2.96. The van der Waals surface area contributed by atoms with E-state index in [-0.39, 0.29) is 11.8 Å². The molecule has 0 saturated carbocycles. The van der Waals surface area contributed by atoms with E-state index < -0.39 is 17.5 Å². The maximum Gasteiger partial charge on any atom is 0.168 e. The summed E-state index contributed by atoms with van der Waals surface area (Å²) in [6, 6.07) is 6.82. The van der Waals surface area contributed by atoms with Gasteiger partial charge >= 0.3 is 0 Å². The van der Waals surface area contributed by atoms with Gasteiger partial charge in [-0.2, -0.15) is 0 Å². The SMILES string of the molecule is CNC(C)c1cc(F)ccc1Oc1ccc(F)cc1F. The first-order valence-electron chi connectivity index (χ1n) is 6.11. The highest BCUT2D eigenvalue weighted by molar-refractivity contribution is 5.40. The van der Waals surface area contributed by atoms with Crippen molar-refractivity contribution in [3.8, 4) is 11.5 Å². The minimum atomic E-state index is -0.808. The van der Waals surface area contributed by atoms with Crippen molar-refractivity contribution in [2.75, 3.05) is 7.05 Å². The number of hydrogen-bond acceptors (Lipinski definition) is 2. The molecule has 2 aromatic carbocycles. The average molecular weight is 281 g/mol. The van der Waals surface area contributed by atoms with Crippen LogP contribution in [-0.4, -0.2) is 7.05 Å². The number of rotatable bonds is 4. The van der Waals surface area contributed by atoms with Gasteiger partial charge in [-0.3, -0.25) is 0 Å². The minimum Gasteiger partial charge on any atom is -0.454 e. The zero-order valence-electron chi connectivity index (χ0n) is 11.1. The molecule has 106 valence electrons. The van der Waals surface area contributed by atoms with Gasteiger partial charge in [0.25, 0.3) is 0 Å². The Morgan fingerprint density at radius 2 is 1.55 bits per heavy atom. The van der Waals surface area contributed by atoms with E-state index in [1.54, 1.807) is 7.05 Å². The van der Waals surface area contributed by atoms with E-state index in [4.69, 9.17) is 4.74 Å². The van der Waals surface area contributed by atoms with Crippen molar-refractivity contribution >= 4 is 0 Å². The summed E-state index contributed by atoms with van der Waals surface area (Å²) < 4.78 is 45.2. The number of halogens is 3. The van der Waals surface area contributed by atoms with Gasteiger partial charge in [0.15, 0.2) is 11.6 Å². The molecule has 0 aliphatic heterocycles. The van der Waals surface area contributed by atoms with E-state index in [9.17, 15) is 13.2 Å². The van der Waals surface area contributed by atoms with Gasteiger partial charge in [0.2, 0.25) is 0 Å². The number of benzene rings is 2. The standard InChI is InChI=1S/C15H14F3NO/c1-9(19-2)12-7-10(16)3-5-14(12)20-15-6-4-11(17)8-13(15)18/h3-9,19H,1-2H3. The molecule has 0 bridgehead atoms. The van der Waals surface area contributed by atoms with Crippen LogP contribution in [0.4, 0.5) is 13.2 Å². The second-order valence-electron chi connectivity index (χ2n) is 4.37. The fraction of sp³-hybridized carbons (Fsp3) is 0.200. The fourth-order valence-electron chi connectivity index (χ4n) is 1.78. The van der Waals surface area contributed by atoms with Crippen molar-refractivity contribution < 1.29 is 17.9 Å². The highest BCUT2D eigenvalue weighted by Crippen LogP contribution is 2.31. The highest BCUT2D eigenvalue weighted by atomic mass is 19.1. The van der Waals surface area contributed by atoms with Crippen molar-refractivity contribution in [2.24, 2.45) is 0 Å². The molecule has 1 N–H and O–H groups in total. The second-order valence-corrected chi connectivity index (χ2v) is 4.37. The molecular weight excluding hydrogens is 267 g/mol. The quantitative estimate of drug-likeness (QED) is 0.908. The molecule has 2 nitrogen and oxygen atoms in total. The molecule has 2 rings (SSSR count). The summed E-state index contributed by atoms with van der Waals surface area (Å²) in [5.74, 6) is -1.69. The van der Waals surface area contributed by atoms with Gasteiger partial charge in [-0.15, -0.1) is 0 Å². The van der Waals surface area contributed by atoms with Crippen LogP contribution < -0.4 is 10.1 Å². The summed E-state index contributed by atoms with van der Waals surface area (Å²) in [6.45, 7) is 1.82. The third kappa shape index (κ3) is 3.11. The Morgan fingerprint density at radius 1 is 0.950 bits per heavy atom. The molecule has 0 amide bonds.